The number of alkyl halides is 2. The van der Waals surface area contributed by atoms with Gasteiger partial charge in [0.05, 0.1) is 20.1 Å². The van der Waals surface area contributed by atoms with Crippen LogP contribution in [0, 0.1) is 5.92 Å². The van der Waals surface area contributed by atoms with Crippen molar-refractivity contribution in [3.05, 3.63) is 59.7 Å². The van der Waals surface area contributed by atoms with Crippen molar-refractivity contribution in [3.8, 4) is 11.5 Å². The molecular weight excluding hydrogens is 455 g/mol. The Balaban J connectivity index is 2.19. The summed E-state index contributed by atoms with van der Waals surface area (Å²) in [4.78, 5) is 25.4. The molecule has 0 heterocycles. The highest BCUT2D eigenvalue weighted by molar-refractivity contribution is 14.1. The van der Waals surface area contributed by atoms with E-state index in [1.165, 1.54) is 0 Å². The molecule has 132 valence electrons. The third kappa shape index (κ3) is 4.73. The van der Waals surface area contributed by atoms with Crippen LogP contribution in [0.4, 0.5) is 0 Å². The fourth-order valence-electron chi connectivity index (χ4n) is 2.35. The van der Waals surface area contributed by atoms with Gasteiger partial charge in [-0.05, 0) is 48.5 Å². The molecule has 0 aromatic heterocycles. The zero-order chi connectivity index (χ0) is 18.4. The number of halogens is 2. The van der Waals surface area contributed by atoms with Gasteiger partial charge in [-0.15, -0.1) is 11.6 Å². The highest BCUT2D eigenvalue weighted by atomic mass is 127. The van der Waals surface area contributed by atoms with E-state index in [2.05, 4.69) is 22.6 Å². The molecule has 0 saturated carbocycles. The van der Waals surface area contributed by atoms with Crippen LogP contribution >= 0.6 is 34.2 Å². The number of hydrogen-bond donors (Lipinski definition) is 0. The van der Waals surface area contributed by atoms with Crippen molar-refractivity contribution in [2.24, 2.45) is 5.92 Å². The summed E-state index contributed by atoms with van der Waals surface area (Å²) in [6, 6.07) is 13.5. The Bertz CT molecular complexity index is 728. The minimum absolute atomic E-state index is 0.154. The lowest BCUT2D eigenvalue weighted by molar-refractivity contribution is 0.0872. The Morgan fingerprint density at radius 2 is 1.28 bits per heavy atom. The lowest BCUT2D eigenvalue weighted by Gasteiger charge is -2.18. The van der Waals surface area contributed by atoms with Crippen LogP contribution in [0.3, 0.4) is 0 Å². The lowest BCUT2D eigenvalue weighted by Crippen LogP contribution is -2.32. The smallest absolute Gasteiger partial charge is 0.181 e. The SMILES string of the molecule is COc1ccc(C(=O)C(Cl)C(CI)C(=O)c2ccc(OC)cc2)cc1. The minimum Gasteiger partial charge on any atom is -0.497 e. The van der Waals surface area contributed by atoms with Gasteiger partial charge < -0.3 is 9.47 Å². The molecule has 0 saturated heterocycles. The van der Waals surface area contributed by atoms with Crippen LogP contribution in [0.5, 0.6) is 11.5 Å². The van der Waals surface area contributed by atoms with Crippen molar-refractivity contribution >= 4 is 45.8 Å². The molecule has 2 rings (SSSR count). The van der Waals surface area contributed by atoms with Gasteiger partial charge in [0, 0.05) is 15.6 Å². The fraction of sp³-hybridized carbons (Fsp3) is 0.263. The van der Waals surface area contributed by atoms with Crippen LogP contribution < -0.4 is 9.47 Å². The lowest BCUT2D eigenvalue weighted by atomic mass is 9.92. The molecule has 2 aromatic rings. The second kappa shape index (κ2) is 9.20. The van der Waals surface area contributed by atoms with Gasteiger partial charge in [0.1, 0.15) is 16.9 Å². The zero-order valence-corrected chi connectivity index (χ0v) is 16.8. The molecule has 0 aliphatic rings. The van der Waals surface area contributed by atoms with Gasteiger partial charge in [0.2, 0.25) is 0 Å². The predicted molar refractivity (Wildman–Crippen MR) is 107 cm³/mol. The summed E-state index contributed by atoms with van der Waals surface area (Å²) in [7, 11) is 3.12. The number of carbonyl (C=O) groups excluding carboxylic acids is 2. The van der Waals surface area contributed by atoms with Crippen molar-refractivity contribution in [2.75, 3.05) is 18.6 Å². The second-order valence-electron chi connectivity index (χ2n) is 5.35. The molecule has 0 fully saturated rings. The molecule has 4 nitrogen and oxygen atoms in total. The molecule has 6 heteroatoms. The van der Waals surface area contributed by atoms with Gasteiger partial charge in [-0.2, -0.15) is 0 Å². The molecule has 0 N–H and O–H groups in total. The maximum absolute atomic E-state index is 12.8. The Morgan fingerprint density at radius 1 is 0.880 bits per heavy atom. The molecular formula is C19H18ClIO4. The molecule has 0 bridgehead atoms. The van der Waals surface area contributed by atoms with Gasteiger partial charge in [0.25, 0.3) is 0 Å². The summed E-state index contributed by atoms with van der Waals surface area (Å²) in [5.41, 5.74) is 0.967. The maximum atomic E-state index is 12.8. The Kier molecular flexibility index (Phi) is 7.25. The van der Waals surface area contributed by atoms with Crippen LogP contribution in [-0.2, 0) is 0 Å². The molecule has 25 heavy (non-hydrogen) atoms. The summed E-state index contributed by atoms with van der Waals surface area (Å²) in [5, 5.41) is -0.931. The van der Waals surface area contributed by atoms with E-state index in [0.717, 1.165) is 0 Å². The predicted octanol–water partition coefficient (Wildman–Crippen LogP) is 4.43. The van der Waals surface area contributed by atoms with E-state index in [4.69, 9.17) is 21.1 Å². The standard InChI is InChI=1S/C19H18ClIO4/c1-24-14-7-3-12(4-8-14)18(22)16(11-21)17(20)19(23)13-5-9-15(25-2)10-6-13/h3-10,16-17H,11H2,1-2H3. The van der Waals surface area contributed by atoms with E-state index in [1.54, 1.807) is 62.8 Å². The number of benzene rings is 2. The van der Waals surface area contributed by atoms with Crippen LogP contribution in [0.1, 0.15) is 20.7 Å². The molecule has 2 aromatic carbocycles. The van der Waals surface area contributed by atoms with Crippen LogP contribution in [0.15, 0.2) is 48.5 Å². The topological polar surface area (TPSA) is 52.6 Å². The van der Waals surface area contributed by atoms with Gasteiger partial charge in [0.15, 0.2) is 11.6 Å². The number of Topliss-reactive ketones (excluding diaryl/α,β-unsaturated/α-hetero) is 2. The fourth-order valence-corrected chi connectivity index (χ4v) is 3.89. The Morgan fingerprint density at radius 3 is 1.64 bits per heavy atom. The molecule has 0 aliphatic carbocycles. The minimum atomic E-state index is -0.931. The molecule has 2 unspecified atom stereocenters. The first-order chi connectivity index (χ1) is 12.0. The number of hydrogen-bond acceptors (Lipinski definition) is 4. The largest absolute Gasteiger partial charge is 0.497 e. The van der Waals surface area contributed by atoms with Crippen LogP contribution in [0.25, 0.3) is 0 Å². The molecule has 0 aliphatic heterocycles. The van der Waals surface area contributed by atoms with Gasteiger partial charge in [-0.1, -0.05) is 22.6 Å². The number of ether oxygens (including phenoxy) is 2. The van der Waals surface area contributed by atoms with Crippen molar-refractivity contribution < 1.29 is 19.1 Å². The van der Waals surface area contributed by atoms with Gasteiger partial charge in [-0.3, -0.25) is 9.59 Å². The van der Waals surface area contributed by atoms with E-state index in [0.29, 0.717) is 27.1 Å². The van der Waals surface area contributed by atoms with E-state index in [-0.39, 0.29) is 11.6 Å². The molecule has 0 spiro atoms. The summed E-state index contributed by atoms with van der Waals surface area (Å²) in [5.74, 6) is 0.291. The van der Waals surface area contributed by atoms with Crippen LogP contribution in [-0.4, -0.2) is 35.6 Å². The maximum Gasteiger partial charge on any atom is 0.181 e. The van der Waals surface area contributed by atoms with Gasteiger partial charge in [-0.25, -0.2) is 0 Å². The first kappa shape index (κ1) is 19.7. The highest BCUT2D eigenvalue weighted by Gasteiger charge is 2.32. The third-order valence-electron chi connectivity index (χ3n) is 3.86. The van der Waals surface area contributed by atoms with Crippen molar-refractivity contribution in [1.29, 1.82) is 0 Å². The number of methoxy groups -OCH3 is 2. The number of carbonyl (C=O) groups is 2. The zero-order valence-electron chi connectivity index (χ0n) is 13.9. The number of ketones is 2. The van der Waals surface area contributed by atoms with E-state index in [1.807, 2.05) is 0 Å². The summed E-state index contributed by atoms with van der Waals surface area (Å²) < 4.78 is 10.6. The summed E-state index contributed by atoms with van der Waals surface area (Å²) in [6.45, 7) is 0. The van der Waals surface area contributed by atoms with E-state index in [9.17, 15) is 9.59 Å². The summed E-state index contributed by atoms with van der Waals surface area (Å²) in [6.07, 6.45) is 0. The Hall–Kier alpha value is -1.60. The third-order valence-corrected chi connectivity index (χ3v) is 5.31. The molecule has 0 amide bonds. The first-order valence-corrected chi connectivity index (χ1v) is 9.54. The van der Waals surface area contributed by atoms with Crippen molar-refractivity contribution in [1.82, 2.24) is 0 Å². The van der Waals surface area contributed by atoms with E-state index < -0.39 is 11.3 Å². The first-order valence-electron chi connectivity index (χ1n) is 7.58. The van der Waals surface area contributed by atoms with E-state index >= 15 is 0 Å². The molecule has 0 radical (unpaired) electrons. The van der Waals surface area contributed by atoms with Crippen molar-refractivity contribution in [3.63, 3.8) is 0 Å². The normalized spacial score (nSPS) is 13.0. The van der Waals surface area contributed by atoms with Gasteiger partial charge >= 0.3 is 0 Å². The monoisotopic (exact) mass is 472 g/mol. The quantitative estimate of drug-likeness (QED) is 0.324. The highest BCUT2D eigenvalue weighted by Crippen LogP contribution is 2.25. The second-order valence-corrected chi connectivity index (χ2v) is 6.70. The average Bonchev–Trinajstić information content (AvgIpc) is 2.67. The molecule has 2 atom stereocenters. The number of rotatable bonds is 8. The average molecular weight is 473 g/mol. The van der Waals surface area contributed by atoms with Crippen molar-refractivity contribution in [2.45, 2.75) is 5.38 Å². The van der Waals surface area contributed by atoms with Crippen LogP contribution in [0.2, 0.25) is 0 Å². The Labute approximate surface area is 165 Å². The summed E-state index contributed by atoms with van der Waals surface area (Å²) >= 11 is 8.46.